The number of hydrogen-bond acceptors (Lipinski definition) is 4. The third-order valence-corrected chi connectivity index (χ3v) is 6.61. The van der Waals surface area contributed by atoms with Crippen molar-refractivity contribution in [1.82, 2.24) is 9.80 Å². The topological polar surface area (TPSA) is 15.7 Å². The minimum atomic E-state index is 0.281. The van der Waals surface area contributed by atoms with E-state index >= 15 is 0 Å². The molecule has 162 valence electrons. The quantitative estimate of drug-likeness (QED) is 0.398. The van der Waals surface area contributed by atoms with Crippen molar-refractivity contribution in [1.29, 1.82) is 0 Å². The summed E-state index contributed by atoms with van der Waals surface area (Å²) in [7, 11) is 0. The number of thioether (sulfide) groups is 1. The molecule has 0 aliphatic carbocycles. The Hall–Kier alpha value is -2.27. The number of ether oxygens (including phenoxy) is 1. The second-order valence-electron chi connectivity index (χ2n) is 8.15. The molecule has 1 saturated heterocycles. The first-order valence-electron chi connectivity index (χ1n) is 11.1. The molecule has 0 saturated carbocycles. The standard InChI is InChI=1S/C27H32N2OS/c1-4-30-25-12-8-22(9-13-25)19-28-16-17-29(20-23-7-5-6-21(2)18-23)27(28)24-10-14-26(31-3)15-11-24/h5-15,18,27H,4,16-17,19-20H2,1-3H3/t27-/m0/s1. The number of rotatable bonds is 8. The zero-order valence-corrected chi connectivity index (χ0v) is 19.6. The first kappa shape index (κ1) is 21.9. The van der Waals surface area contributed by atoms with Gasteiger partial charge in [-0.2, -0.15) is 0 Å². The molecule has 1 fully saturated rings. The highest BCUT2D eigenvalue weighted by molar-refractivity contribution is 7.98. The van der Waals surface area contributed by atoms with Gasteiger partial charge in [-0.05, 0) is 61.1 Å². The molecule has 0 bridgehead atoms. The third kappa shape index (κ3) is 5.51. The van der Waals surface area contributed by atoms with Gasteiger partial charge in [0, 0.05) is 31.1 Å². The Bertz CT molecular complexity index is 971. The summed E-state index contributed by atoms with van der Waals surface area (Å²) in [6.07, 6.45) is 2.41. The maximum Gasteiger partial charge on any atom is 0.119 e. The van der Waals surface area contributed by atoms with Crippen LogP contribution in [0, 0.1) is 6.92 Å². The summed E-state index contributed by atoms with van der Waals surface area (Å²) in [5, 5.41) is 0. The van der Waals surface area contributed by atoms with Crippen LogP contribution in [-0.4, -0.2) is 35.8 Å². The van der Waals surface area contributed by atoms with Gasteiger partial charge in [-0.15, -0.1) is 11.8 Å². The molecular formula is C27H32N2OS. The molecule has 1 atom stereocenters. The van der Waals surface area contributed by atoms with Crippen molar-refractivity contribution in [3.63, 3.8) is 0 Å². The van der Waals surface area contributed by atoms with Crippen molar-refractivity contribution >= 4 is 11.8 Å². The molecule has 1 aliphatic rings. The number of nitrogens with zero attached hydrogens (tertiary/aromatic N) is 2. The molecule has 3 aromatic rings. The van der Waals surface area contributed by atoms with E-state index in [9.17, 15) is 0 Å². The Morgan fingerprint density at radius 1 is 0.871 bits per heavy atom. The van der Waals surface area contributed by atoms with Crippen LogP contribution in [0.3, 0.4) is 0 Å². The van der Waals surface area contributed by atoms with Gasteiger partial charge < -0.3 is 4.74 Å². The van der Waals surface area contributed by atoms with Gasteiger partial charge in [0.15, 0.2) is 0 Å². The summed E-state index contributed by atoms with van der Waals surface area (Å²) in [4.78, 5) is 6.52. The van der Waals surface area contributed by atoms with E-state index in [1.165, 1.54) is 27.1 Å². The monoisotopic (exact) mass is 432 g/mol. The Kier molecular flexibility index (Phi) is 7.33. The van der Waals surface area contributed by atoms with Crippen molar-refractivity contribution in [2.24, 2.45) is 0 Å². The van der Waals surface area contributed by atoms with Gasteiger partial charge in [0.1, 0.15) is 5.75 Å². The van der Waals surface area contributed by atoms with Crippen LogP contribution in [0.25, 0.3) is 0 Å². The van der Waals surface area contributed by atoms with Crippen molar-refractivity contribution in [3.8, 4) is 5.75 Å². The lowest BCUT2D eigenvalue weighted by Gasteiger charge is -2.31. The molecule has 1 heterocycles. The molecule has 0 N–H and O–H groups in total. The van der Waals surface area contributed by atoms with Gasteiger partial charge in [0.05, 0.1) is 12.8 Å². The van der Waals surface area contributed by atoms with E-state index in [0.29, 0.717) is 6.61 Å². The van der Waals surface area contributed by atoms with E-state index in [1.54, 1.807) is 11.8 Å². The molecule has 4 heteroatoms. The molecule has 0 amide bonds. The van der Waals surface area contributed by atoms with E-state index in [-0.39, 0.29) is 6.17 Å². The minimum Gasteiger partial charge on any atom is -0.494 e. The largest absolute Gasteiger partial charge is 0.494 e. The molecule has 1 aliphatic heterocycles. The minimum absolute atomic E-state index is 0.281. The molecular weight excluding hydrogens is 400 g/mol. The van der Waals surface area contributed by atoms with Crippen LogP contribution in [0.5, 0.6) is 5.75 Å². The second kappa shape index (κ2) is 10.4. The van der Waals surface area contributed by atoms with E-state index < -0.39 is 0 Å². The van der Waals surface area contributed by atoms with Gasteiger partial charge in [0.2, 0.25) is 0 Å². The van der Waals surface area contributed by atoms with Gasteiger partial charge in [-0.25, -0.2) is 0 Å². The van der Waals surface area contributed by atoms with Crippen LogP contribution in [-0.2, 0) is 13.1 Å². The normalized spacial score (nSPS) is 17.2. The molecule has 0 radical (unpaired) electrons. The molecule has 0 aromatic heterocycles. The lowest BCUT2D eigenvalue weighted by Crippen LogP contribution is -2.30. The number of benzene rings is 3. The molecule has 31 heavy (non-hydrogen) atoms. The lowest BCUT2D eigenvalue weighted by molar-refractivity contribution is 0.126. The van der Waals surface area contributed by atoms with Crippen molar-refractivity contribution in [2.45, 2.75) is 38.0 Å². The fraction of sp³-hybridized carbons (Fsp3) is 0.333. The molecule has 3 aromatic carbocycles. The highest BCUT2D eigenvalue weighted by Crippen LogP contribution is 2.34. The average molecular weight is 433 g/mol. The summed E-state index contributed by atoms with van der Waals surface area (Å²) >= 11 is 1.79. The predicted octanol–water partition coefficient (Wildman–Crippen LogP) is 6.13. The first-order valence-corrected chi connectivity index (χ1v) is 12.3. The predicted molar refractivity (Wildman–Crippen MR) is 131 cm³/mol. The zero-order valence-electron chi connectivity index (χ0n) is 18.8. The molecule has 3 nitrogen and oxygen atoms in total. The summed E-state index contributed by atoms with van der Waals surface area (Å²) in [5.41, 5.74) is 5.40. The average Bonchev–Trinajstić information content (AvgIpc) is 3.17. The maximum absolute atomic E-state index is 5.61. The smallest absolute Gasteiger partial charge is 0.119 e. The summed E-state index contributed by atoms with van der Waals surface area (Å²) in [6.45, 7) is 8.93. The highest BCUT2D eigenvalue weighted by atomic mass is 32.2. The number of hydrogen-bond donors (Lipinski definition) is 0. The van der Waals surface area contributed by atoms with E-state index in [4.69, 9.17) is 4.74 Å². The Balaban J connectivity index is 1.57. The Labute approximate surface area is 191 Å². The van der Waals surface area contributed by atoms with Gasteiger partial charge in [-0.3, -0.25) is 9.80 Å². The van der Waals surface area contributed by atoms with Gasteiger partial charge in [-0.1, -0.05) is 54.1 Å². The Morgan fingerprint density at radius 2 is 1.55 bits per heavy atom. The van der Waals surface area contributed by atoms with Crippen LogP contribution in [0.2, 0.25) is 0 Å². The molecule has 0 spiro atoms. The summed E-state index contributed by atoms with van der Waals surface area (Å²) < 4.78 is 5.61. The fourth-order valence-electron chi connectivity index (χ4n) is 4.40. The first-order chi connectivity index (χ1) is 15.2. The van der Waals surface area contributed by atoms with Crippen molar-refractivity contribution in [3.05, 3.63) is 95.1 Å². The molecule has 0 unspecified atom stereocenters. The van der Waals surface area contributed by atoms with Crippen LogP contribution < -0.4 is 4.74 Å². The van der Waals surface area contributed by atoms with Crippen LogP contribution in [0.15, 0.2) is 77.7 Å². The highest BCUT2D eigenvalue weighted by Gasteiger charge is 2.33. The summed E-state index contributed by atoms with van der Waals surface area (Å²) in [6, 6.07) is 26.6. The molecule has 4 rings (SSSR count). The van der Waals surface area contributed by atoms with Crippen LogP contribution >= 0.6 is 11.8 Å². The zero-order chi connectivity index (χ0) is 21.6. The van der Waals surface area contributed by atoms with Crippen molar-refractivity contribution in [2.75, 3.05) is 26.0 Å². The van der Waals surface area contributed by atoms with Gasteiger partial charge in [0.25, 0.3) is 0 Å². The van der Waals surface area contributed by atoms with Gasteiger partial charge >= 0.3 is 0 Å². The van der Waals surface area contributed by atoms with Crippen molar-refractivity contribution < 1.29 is 4.74 Å². The summed E-state index contributed by atoms with van der Waals surface area (Å²) in [5.74, 6) is 0.943. The van der Waals surface area contributed by atoms with E-state index in [2.05, 4.69) is 95.8 Å². The Morgan fingerprint density at radius 3 is 2.16 bits per heavy atom. The second-order valence-corrected chi connectivity index (χ2v) is 9.03. The van der Waals surface area contributed by atoms with E-state index in [0.717, 1.165) is 31.9 Å². The van der Waals surface area contributed by atoms with Crippen LogP contribution in [0.4, 0.5) is 0 Å². The fourth-order valence-corrected chi connectivity index (χ4v) is 4.81. The number of aryl methyl sites for hydroxylation is 1. The lowest BCUT2D eigenvalue weighted by atomic mass is 10.1. The van der Waals surface area contributed by atoms with E-state index in [1.807, 2.05) is 6.92 Å². The van der Waals surface area contributed by atoms with Crippen LogP contribution in [0.1, 0.15) is 35.3 Å². The SMILES string of the molecule is CCOc1ccc(CN2CCN(Cc3cccc(C)c3)[C@H]2c2ccc(SC)cc2)cc1. The third-order valence-electron chi connectivity index (χ3n) is 5.87. The maximum atomic E-state index is 5.61.